The zero-order chi connectivity index (χ0) is 15.1. The minimum absolute atomic E-state index is 0.0149. The molecular formula is C16H20N2O2S. The molecule has 0 bridgehead atoms. The van der Waals surface area contributed by atoms with Crippen LogP contribution in [0.5, 0.6) is 0 Å². The first-order valence-electron chi connectivity index (χ1n) is 6.89. The van der Waals surface area contributed by atoms with Gasteiger partial charge in [-0.05, 0) is 17.7 Å². The summed E-state index contributed by atoms with van der Waals surface area (Å²) in [6, 6.07) is 17.8. The molecule has 3 N–H and O–H groups in total. The van der Waals surface area contributed by atoms with Crippen molar-refractivity contribution < 1.29 is 8.42 Å². The Morgan fingerprint density at radius 2 is 1.52 bits per heavy atom. The van der Waals surface area contributed by atoms with Crippen LogP contribution in [0.25, 0.3) is 0 Å². The highest BCUT2D eigenvalue weighted by molar-refractivity contribution is 7.91. The van der Waals surface area contributed by atoms with Crippen molar-refractivity contribution in [2.24, 2.45) is 5.73 Å². The third-order valence-electron chi connectivity index (χ3n) is 3.23. The van der Waals surface area contributed by atoms with Crippen LogP contribution in [0, 0.1) is 0 Å². The third kappa shape index (κ3) is 4.39. The number of nitrogens with two attached hydrogens (primary N) is 1. The van der Waals surface area contributed by atoms with E-state index in [1.165, 1.54) is 0 Å². The Labute approximate surface area is 125 Å². The van der Waals surface area contributed by atoms with Crippen molar-refractivity contribution in [2.45, 2.75) is 10.9 Å². The molecule has 1 atom stereocenters. The molecule has 0 radical (unpaired) electrons. The molecule has 2 rings (SSSR count). The molecule has 4 nitrogen and oxygen atoms in total. The fourth-order valence-electron chi connectivity index (χ4n) is 2.16. The first kappa shape index (κ1) is 15.7. The van der Waals surface area contributed by atoms with Crippen molar-refractivity contribution in [3.63, 3.8) is 0 Å². The Bertz CT molecular complexity index is 642. The van der Waals surface area contributed by atoms with E-state index >= 15 is 0 Å². The van der Waals surface area contributed by atoms with Gasteiger partial charge in [0.25, 0.3) is 0 Å². The van der Waals surface area contributed by atoms with Crippen molar-refractivity contribution in [3.8, 4) is 0 Å². The Hall–Kier alpha value is -1.69. The van der Waals surface area contributed by atoms with Gasteiger partial charge in [-0.25, -0.2) is 8.42 Å². The molecule has 2 aromatic rings. The van der Waals surface area contributed by atoms with Gasteiger partial charge in [0.05, 0.1) is 10.6 Å². The van der Waals surface area contributed by atoms with Gasteiger partial charge in [-0.3, -0.25) is 0 Å². The number of hydrogen-bond acceptors (Lipinski definition) is 4. The molecule has 5 heteroatoms. The number of sulfone groups is 1. The molecule has 0 aliphatic carbocycles. The summed E-state index contributed by atoms with van der Waals surface area (Å²) in [6.07, 6.45) is 0. The van der Waals surface area contributed by atoms with E-state index < -0.39 is 9.84 Å². The van der Waals surface area contributed by atoms with Crippen LogP contribution in [-0.2, 0) is 9.84 Å². The molecular weight excluding hydrogens is 284 g/mol. The van der Waals surface area contributed by atoms with E-state index in [0.29, 0.717) is 18.0 Å². The molecule has 0 spiro atoms. The van der Waals surface area contributed by atoms with Crippen LogP contribution in [0.15, 0.2) is 65.6 Å². The Morgan fingerprint density at radius 3 is 2.10 bits per heavy atom. The fourth-order valence-corrected chi connectivity index (χ4v) is 3.67. The smallest absolute Gasteiger partial charge is 0.180 e. The molecule has 0 saturated carbocycles. The zero-order valence-corrected chi connectivity index (χ0v) is 12.6. The van der Waals surface area contributed by atoms with E-state index in [4.69, 9.17) is 5.73 Å². The van der Waals surface area contributed by atoms with E-state index in [-0.39, 0.29) is 11.8 Å². The highest BCUT2D eigenvalue weighted by atomic mass is 32.2. The van der Waals surface area contributed by atoms with Crippen LogP contribution in [0.3, 0.4) is 0 Å². The SMILES string of the molecule is NCCNC(CS(=O)(=O)c1ccccc1)c1ccccc1. The molecule has 0 amide bonds. The second kappa shape index (κ2) is 7.36. The van der Waals surface area contributed by atoms with Gasteiger partial charge in [-0.15, -0.1) is 0 Å². The maximum Gasteiger partial charge on any atom is 0.180 e. The van der Waals surface area contributed by atoms with E-state index in [0.717, 1.165) is 5.56 Å². The van der Waals surface area contributed by atoms with Gasteiger partial charge in [-0.2, -0.15) is 0 Å². The summed E-state index contributed by atoms with van der Waals surface area (Å²) in [5, 5.41) is 3.21. The highest BCUT2D eigenvalue weighted by Gasteiger charge is 2.21. The van der Waals surface area contributed by atoms with Crippen molar-refractivity contribution in [1.82, 2.24) is 5.32 Å². The summed E-state index contributed by atoms with van der Waals surface area (Å²) in [5.74, 6) is 0.0149. The Balaban J connectivity index is 2.23. The average Bonchev–Trinajstić information content (AvgIpc) is 2.53. The topological polar surface area (TPSA) is 72.2 Å². The van der Waals surface area contributed by atoms with Gasteiger partial charge in [-0.1, -0.05) is 48.5 Å². The largest absolute Gasteiger partial charge is 0.329 e. The molecule has 21 heavy (non-hydrogen) atoms. The lowest BCUT2D eigenvalue weighted by molar-refractivity contribution is 0.552. The first-order chi connectivity index (χ1) is 10.1. The van der Waals surface area contributed by atoms with Gasteiger partial charge < -0.3 is 11.1 Å². The fraction of sp³-hybridized carbons (Fsp3) is 0.250. The van der Waals surface area contributed by atoms with Crippen LogP contribution in [-0.4, -0.2) is 27.3 Å². The molecule has 0 aromatic heterocycles. The first-order valence-corrected chi connectivity index (χ1v) is 8.55. The molecule has 0 saturated heterocycles. The molecule has 1 unspecified atom stereocenters. The Kier molecular flexibility index (Phi) is 5.50. The maximum absolute atomic E-state index is 12.5. The summed E-state index contributed by atoms with van der Waals surface area (Å²) in [5.41, 5.74) is 6.47. The third-order valence-corrected chi connectivity index (χ3v) is 4.99. The van der Waals surface area contributed by atoms with E-state index in [1.54, 1.807) is 30.3 Å². The van der Waals surface area contributed by atoms with Crippen molar-refractivity contribution >= 4 is 9.84 Å². The highest BCUT2D eigenvalue weighted by Crippen LogP contribution is 2.19. The number of nitrogens with one attached hydrogen (secondary N) is 1. The lowest BCUT2D eigenvalue weighted by Crippen LogP contribution is -2.32. The van der Waals surface area contributed by atoms with Crippen molar-refractivity contribution in [1.29, 1.82) is 0 Å². The zero-order valence-electron chi connectivity index (χ0n) is 11.8. The molecule has 0 fully saturated rings. The van der Waals surface area contributed by atoms with Gasteiger partial charge >= 0.3 is 0 Å². The van der Waals surface area contributed by atoms with Crippen LogP contribution in [0.4, 0.5) is 0 Å². The number of rotatable bonds is 7. The summed E-state index contributed by atoms with van der Waals surface area (Å²) in [6.45, 7) is 1.04. The molecule has 0 aliphatic heterocycles. The monoisotopic (exact) mass is 304 g/mol. The van der Waals surface area contributed by atoms with E-state index in [1.807, 2.05) is 30.3 Å². The molecule has 112 valence electrons. The summed E-state index contributed by atoms with van der Waals surface area (Å²) in [4.78, 5) is 0.348. The lowest BCUT2D eigenvalue weighted by Gasteiger charge is -2.19. The minimum atomic E-state index is -3.34. The second-order valence-electron chi connectivity index (χ2n) is 4.80. The lowest BCUT2D eigenvalue weighted by atomic mass is 10.1. The summed E-state index contributed by atoms with van der Waals surface area (Å²) >= 11 is 0. The van der Waals surface area contributed by atoms with E-state index in [2.05, 4.69) is 5.32 Å². The van der Waals surface area contributed by atoms with Crippen LogP contribution in [0.2, 0.25) is 0 Å². The molecule has 2 aromatic carbocycles. The maximum atomic E-state index is 12.5. The number of benzene rings is 2. The molecule has 0 heterocycles. The normalized spacial score (nSPS) is 13.0. The van der Waals surface area contributed by atoms with Crippen molar-refractivity contribution in [2.75, 3.05) is 18.8 Å². The molecule has 0 aliphatic rings. The average molecular weight is 304 g/mol. The summed E-state index contributed by atoms with van der Waals surface area (Å²) < 4.78 is 25.0. The van der Waals surface area contributed by atoms with Crippen LogP contribution >= 0.6 is 0 Å². The quantitative estimate of drug-likeness (QED) is 0.817. The predicted octanol–water partition coefficient (Wildman–Crippen LogP) is 1.75. The Morgan fingerprint density at radius 1 is 0.952 bits per heavy atom. The van der Waals surface area contributed by atoms with Gasteiger partial charge in [0.2, 0.25) is 0 Å². The van der Waals surface area contributed by atoms with E-state index in [9.17, 15) is 8.42 Å². The minimum Gasteiger partial charge on any atom is -0.329 e. The van der Waals surface area contributed by atoms with Crippen LogP contribution < -0.4 is 11.1 Å². The van der Waals surface area contributed by atoms with Crippen molar-refractivity contribution in [3.05, 3.63) is 66.2 Å². The predicted molar refractivity (Wildman–Crippen MR) is 84.7 cm³/mol. The standard InChI is InChI=1S/C16H20N2O2S/c17-11-12-18-16(14-7-3-1-4-8-14)13-21(19,20)15-9-5-2-6-10-15/h1-10,16,18H,11-13,17H2. The number of hydrogen-bond donors (Lipinski definition) is 2. The van der Waals surface area contributed by atoms with Gasteiger partial charge in [0.15, 0.2) is 9.84 Å². The second-order valence-corrected chi connectivity index (χ2v) is 6.83. The van der Waals surface area contributed by atoms with Crippen LogP contribution in [0.1, 0.15) is 11.6 Å². The van der Waals surface area contributed by atoms with Gasteiger partial charge in [0.1, 0.15) is 0 Å². The van der Waals surface area contributed by atoms with Gasteiger partial charge in [0, 0.05) is 19.1 Å². The summed E-state index contributed by atoms with van der Waals surface area (Å²) in [7, 11) is -3.34.